The van der Waals surface area contributed by atoms with Crippen molar-refractivity contribution in [1.82, 2.24) is 14.5 Å². The first-order valence-electron chi connectivity index (χ1n) is 8.75. The molecule has 5 rings (SSSR count). The summed E-state index contributed by atoms with van der Waals surface area (Å²) in [5.41, 5.74) is 1.92. The molecule has 0 bridgehead atoms. The smallest absolute Gasteiger partial charge is 0.270 e. The van der Waals surface area contributed by atoms with E-state index in [9.17, 15) is 14.9 Å². The van der Waals surface area contributed by atoms with E-state index < -0.39 is 4.92 Å². The summed E-state index contributed by atoms with van der Waals surface area (Å²) in [6.45, 7) is 0. The molecule has 1 aromatic carbocycles. The Kier molecular flexibility index (Phi) is 4.22. The highest BCUT2D eigenvalue weighted by atomic mass is 32.2. The molecule has 0 saturated carbocycles. The molecule has 0 saturated heterocycles. The number of benzene rings is 1. The van der Waals surface area contributed by atoms with Gasteiger partial charge in [-0.05, 0) is 49.1 Å². The Morgan fingerprint density at radius 1 is 1.21 bits per heavy atom. The van der Waals surface area contributed by atoms with Crippen molar-refractivity contribution in [3.8, 4) is 0 Å². The minimum absolute atomic E-state index is 0.0105. The third-order valence-electron chi connectivity index (χ3n) is 4.90. The van der Waals surface area contributed by atoms with E-state index >= 15 is 0 Å². The average molecular weight is 431 g/mol. The molecule has 0 unspecified atom stereocenters. The van der Waals surface area contributed by atoms with Gasteiger partial charge in [-0.1, -0.05) is 0 Å². The van der Waals surface area contributed by atoms with Crippen molar-refractivity contribution in [3.05, 3.63) is 49.1 Å². The van der Waals surface area contributed by atoms with E-state index in [0.717, 1.165) is 34.2 Å². The Hall–Kier alpha value is -2.30. The fraction of sp³-hybridized carbons (Fsp3) is 0.278. The van der Waals surface area contributed by atoms with Crippen molar-refractivity contribution in [3.63, 3.8) is 0 Å². The van der Waals surface area contributed by atoms with Crippen LogP contribution in [0.3, 0.4) is 0 Å². The second-order valence-electron chi connectivity index (χ2n) is 6.64. The number of aryl methyl sites for hydroxylation is 2. The van der Waals surface area contributed by atoms with Gasteiger partial charge in [0.1, 0.15) is 4.83 Å². The molecule has 3 heterocycles. The maximum atomic E-state index is 13.0. The van der Waals surface area contributed by atoms with Gasteiger partial charge < -0.3 is 0 Å². The topological polar surface area (TPSA) is 90.9 Å². The SMILES string of the molecule is Cn1c(Sc2nc3ccc([N+](=O)[O-])cc3s2)nc2sc3c(c2c1=O)CCCC3. The number of nitro benzene ring substituents is 1. The number of hydrogen-bond acceptors (Lipinski definition) is 8. The summed E-state index contributed by atoms with van der Waals surface area (Å²) in [6.07, 6.45) is 4.27. The Bertz CT molecular complexity index is 1320. The first kappa shape index (κ1) is 17.8. The third kappa shape index (κ3) is 2.83. The Morgan fingerprint density at radius 2 is 2.04 bits per heavy atom. The number of hydrogen-bond donors (Lipinski definition) is 0. The van der Waals surface area contributed by atoms with Crippen molar-refractivity contribution in [1.29, 1.82) is 0 Å². The maximum Gasteiger partial charge on any atom is 0.270 e. The summed E-state index contributed by atoms with van der Waals surface area (Å²) in [5, 5.41) is 12.3. The number of nitro groups is 1. The van der Waals surface area contributed by atoms with E-state index in [1.807, 2.05) is 0 Å². The van der Waals surface area contributed by atoms with Gasteiger partial charge in [0.25, 0.3) is 11.2 Å². The van der Waals surface area contributed by atoms with Crippen LogP contribution in [0.25, 0.3) is 20.4 Å². The molecule has 1 aliphatic rings. The summed E-state index contributed by atoms with van der Waals surface area (Å²) >= 11 is 4.32. The van der Waals surface area contributed by atoms with Gasteiger partial charge in [0.2, 0.25) is 0 Å². The van der Waals surface area contributed by atoms with Gasteiger partial charge in [0.15, 0.2) is 9.50 Å². The zero-order valence-electron chi connectivity index (χ0n) is 14.8. The Balaban J connectivity index is 1.58. The van der Waals surface area contributed by atoms with Gasteiger partial charge in [-0.15, -0.1) is 22.7 Å². The van der Waals surface area contributed by atoms with Crippen LogP contribution >= 0.6 is 34.4 Å². The van der Waals surface area contributed by atoms with Crippen LogP contribution in [0.5, 0.6) is 0 Å². The minimum atomic E-state index is -0.413. The predicted octanol–water partition coefficient (Wildman–Crippen LogP) is 4.54. The van der Waals surface area contributed by atoms with E-state index in [1.165, 1.54) is 52.1 Å². The molecule has 7 nitrogen and oxygen atoms in total. The van der Waals surface area contributed by atoms with Crippen LogP contribution in [-0.2, 0) is 19.9 Å². The van der Waals surface area contributed by atoms with Crippen molar-refractivity contribution >= 4 is 60.6 Å². The summed E-state index contributed by atoms with van der Waals surface area (Å²) in [4.78, 5) is 34.9. The molecule has 28 heavy (non-hydrogen) atoms. The molecule has 0 radical (unpaired) electrons. The van der Waals surface area contributed by atoms with Crippen molar-refractivity contribution in [2.24, 2.45) is 7.05 Å². The third-order valence-corrected chi connectivity index (χ3v) is 8.21. The van der Waals surface area contributed by atoms with Gasteiger partial charge in [-0.3, -0.25) is 19.5 Å². The van der Waals surface area contributed by atoms with E-state index in [4.69, 9.17) is 4.98 Å². The molecule has 0 N–H and O–H groups in total. The molecule has 4 aromatic rings. The number of aromatic nitrogens is 3. The molecule has 10 heteroatoms. The first-order chi connectivity index (χ1) is 13.5. The molecule has 0 aliphatic heterocycles. The maximum absolute atomic E-state index is 13.0. The Morgan fingerprint density at radius 3 is 2.86 bits per heavy atom. The predicted molar refractivity (Wildman–Crippen MR) is 112 cm³/mol. The van der Waals surface area contributed by atoms with Gasteiger partial charge in [0.05, 0.1) is 20.5 Å². The largest absolute Gasteiger partial charge is 0.290 e. The van der Waals surface area contributed by atoms with Crippen LogP contribution in [0, 0.1) is 10.1 Å². The number of non-ortho nitro benzene ring substituents is 1. The Labute approximate surface area is 171 Å². The van der Waals surface area contributed by atoms with Gasteiger partial charge >= 0.3 is 0 Å². The fourth-order valence-corrected chi connectivity index (χ4v) is 6.84. The highest BCUT2D eigenvalue weighted by Gasteiger charge is 2.22. The highest BCUT2D eigenvalue weighted by Crippen LogP contribution is 2.37. The summed E-state index contributed by atoms with van der Waals surface area (Å²) < 4.78 is 3.04. The highest BCUT2D eigenvalue weighted by molar-refractivity contribution is 8.01. The van der Waals surface area contributed by atoms with Crippen LogP contribution < -0.4 is 5.56 Å². The van der Waals surface area contributed by atoms with E-state index in [2.05, 4.69) is 4.98 Å². The van der Waals surface area contributed by atoms with E-state index in [0.29, 0.717) is 15.0 Å². The molecule has 3 aromatic heterocycles. The number of rotatable bonds is 3. The molecule has 142 valence electrons. The normalized spacial score (nSPS) is 13.9. The number of thiazole rings is 1. The van der Waals surface area contributed by atoms with Gasteiger partial charge in [-0.25, -0.2) is 9.97 Å². The molecule has 0 spiro atoms. The number of nitrogens with zero attached hydrogens (tertiary/aromatic N) is 4. The lowest BCUT2D eigenvalue weighted by Crippen LogP contribution is -2.20. The van der Waals surface area contributed by atoms with E-state index in [-0.39, 0.29) is 11.2 Å². The van der Waals surface area contributed by atoms with E-state index in [1.54, 1.807) is 29.0 Å². The van der Waals surface area contributed by atoms with Crippen molar-refractivity contribution < 1.29 is 4.92 Å². The van der Waals surface area contributed by atoms with Crippen LogP contribution in [0.2, 0.25) is 0 Å². The van der Waals surface area contributed by atoms with Gasteiger partial charge in [0, 0.05) is 24.1 Å². The van der Waals surface area contributed by atoms with Crippen LogP contribution in [-0.4, -0.2) is 19.5 Å². The summed E-state index contributed by atoms with van der Waals surface area (Å²) in [5.74, 6) is 0. The number of fused-ring (bicyclic) bond motifs is 4. The lowest BCUT2D eigenvalue weighted by atomic mass is 9.97. The second kappa shape index (κ2) is 6.64. The molecule has 0 amide bonds. The quantitative estimate of drug-likeness (QED) is 0.269. The minimum Gasteiger partial charge on any atom is -0.290 e. The van der Waals surface area contributed by atoms with Crippen LogP contribution in [0.1, 0.15) is 23.3 Å². The van der Waals surface area contributed by atoms with Crippen LogP contribution in [0.4, 0.5) is 5.69 Å². The average Bonchev–Trinajstić information content (AvgIpc) is 3.25. The lowest BCUT2D eigenvalue weighted by Gasteiger charge is -2.10. The number of thiophene rings is 1. The first-order valence-corrected chi connectivity index (χ1v) is 11.2. The summed E-state index contributed by atoms with van der Waals surface area (Å²) in [7, 11) is 1.74. The zero-order chi connectivity index (χ0) is 19.4. The van der Waals surface area contributed by atoms with Gasteiger partial charge in [-0.2, -0.15) is 0 Å². The van der Waals surface area contributed by atoms with Crippen LogP contribution in [0.15, 0.2) is 32.5 Å². The fourth-order valence-electron chi connectivity index (χ4n) is 3.49. The lowest BCUT2D eigenvalue weighted by molar-refractivity contribution is -0.384. The molecular formula is C18H14N4O3S3. The standard InChI is InChI=1S/C18H14N4O3S3/c1-21-16(23)14-10-4-2-3-5-12(10)26-15(14)20-17(21)28-18-19-11-7-6-9(22(24)25)8-13(11)27-18/h6-8H,2-5H2,1H3. The summed E-state index contributed by atoms with van der Waals surface area (Å²) in [6, 6.07) is 4.63. The monoisotopic (exact) mass is 430 g/mol. The molecule has 0 atom stereocenters. The van der Waals surface area contributed by atoms with Crippen molar-refractivity contribution in [2.75, 3.05) is 0 Å². The molecular weight excluding hydrogens is 416 g/mol. The molecule has 0 fully saturated rings. The zero-order valence-corrected chi connectivity index (χ0v) is 17.2. The second-order valence-corrected chi connectivity index (χ2v) is 9.97. The molecule has 1 aliphatic carbocycles. The van der Waals surface area contributed by atoms with Crippen molar-refractivity contribution in [2.45, 2.75) is 35.2 Å².